The van der Waals surface area contributed by atoms with E-state index in [0.29, 0.717) is 17.4 Å². The van der Waals surface area contributed by atoms with Gasteiger partial charge in [-0.25, -0.2) is 4.98 Å². The summed E-state index contributed by atoms with van der Waals surface area (Å²) in [6, 6.07) is 8.77. The minimum atomic E-state index is -0.433. The van der Waals surface area contributed by atoms with Crippen LogP contribution in [-0.4, -0.2) is 15.5 Å². The van der Waals surface area contributed by atoms with Crippen molar-refractivity contribution in [2.24, 2.45) is 0 Å². The minimum Gasteiger partial charge on any atom is -0.459 e. The number of nitrogens with one attached hydrogen (secondary N) is 2. The van der Waals surface area contributed by atoms with E-state index in [1.807, 2.05) is 6.92 Å². The molecular weight excluding hydrogens is 296 g/mol. The number of amides is 1. The Hall–Kier alpha value is -3.09. The number of anilines is 1. The van der Waals surface area contributed by atoms with Crippen LogP contribution < -0.4 is 16.4 Å². The molecule has 3 rings (SSSR count). The third-order valence-corrected chi connectivity index (χ3v) is 3.53. The van der Waals surface area contributed by atoms with Gasteiger partial charge in [0.05, 0.1) is 17.2 Å². The summed E-state index contributed by atoms with van der Waals surface area (Å²) in [5.41, 5.74) is 6.33. The molecule has 0 radical (unpaired) electrons. The predicted molar refractivity (Wildman–Crippen MR) is 86.2 cm³/mol. The van der Waals surface area contributed by atoms with Crippen LogP contribution in [0.3, 0.4) is 0 Å². The van der Waals surface area contributed by atoms with Gasteiger partial charge in [0.2, 0.25) is 5.95 Å². The monoisotopic (exact) mass is 312 g/mol. The number of aryl methyl sites for hydroxylation is 1. The molecule has 0 saturated heterocycles. The van der Waals surface area contributed by atoms with Crippen LogP contribution in [0.2, 0.25) is 0 Å². The summed E-state index contributed by atoms with van der Waals surface area (Å²) in [4.78, 5) is 28.9. The first-order valence-corrected chi connectivity index (χ1v) is 7.22. The molecule has 0 fully saturated rings. The van der Waals surface area contributed by atoms with Crippen molar-refractivity contribution >= 4 is 22.8 Å². The second-order valence-electron chi connectivity index (χ2n) is 5.01. The lowest BCUT2D eigenvalue weighted by atomic mass is 10.2. The Morgan fingerprint density at radius 2 is 2.09 bits per heavy atom. The van der Waals surface area contributed by atoms with Crippen molar-refractivity contribution in [3.05, 3.63) is 58.3 Å². The Labute approximate surface area is 131 Å². The number of aromatic nitrogens is 2. The predicted octanol–water partition coefficient (Wildman–Crippen LogP) is 2.07. The van der Waals surface area contributed by atoms with Crippen molar-refractivity contribution in [1.82, 2.24) is 15.0 Å². The van der Waals surface area contributed by atoms with Crippen molar-refractivity contribution < 1.29 is 9.21 Å². The van der Waals surface area contributed by atoms with Crippen molar-refractivity contribution in [1.29, 1.82) is 0 Å². The summed E-state index contributed by atoms with van der Waals surface area (Å²) in [6.45, 7) is 4.03. The van der Waals surface area contributed by atoms with E-state index in [0.717, 1.165) is 5.56 Å². The molecule has 2 N–H and O–H groups in total. The molecule has 0 saturated carbocycles. The average molecular weight is 312 g/mol. The Morgan fingerprint density at radius 1 is 1.30 bits per heavy atom. The third-order valence-electron chi connectivity index (χ3n) is 3.53. The van der Waals surface area contributed by atoms with Gasteiger partial charge in [-0.15, -0.1) is 0 Å². The highest BCUT2D eigenvalue weighted by molar-refractivity contribution is 5.93. The summed E-state index contributed by atoms with van der Waals surface area (Å²) < 4.78 is 6.58. The van der Waals surface area contributed by atoms with E-state index in [-0.39, 0.29) is 17.3 Å². The molecule has 2 aromatic heterocycles. The first-order chi connectivity index (χ1) is 11.1. The molecule has 0 aliphatic rings. The summed E-state index contributed by atoms with van der Waals surface area (Å²) in [5.74, 6) is 0.0509. The number of carbonyl (C=O) groups excluding carboxylic acids is 1. The number of fused-ring (bicyclic) bond motifs is 1. The fraction of sp³-hybridized carbons (Fsp3) is 0.188. The van der Waals surface area contributed by atoms with Crippen molar-refractivity contribution in [3.63, 3.8) is 0 Å². The highest BCUT2D eigenvalue weighted by atomic mass is 16.3. The zero-order valence-electron chi connectivity index (χ0n) is 12.8. The van der Waals surface area contributed by atoms with Gasteiger partial charge < -0.3 is 4.42 Å². The van der Waals surface area contributed by atoms with Gasteiger partial charge >= 0.3 is 5.91 Å². The summed E-state index contributed by atoms with van der Waals surface area (Å²) >= 11 is 0. The van der Waals surface area contributed by atoms with Crippen molar-refractivity contribution in [2.45, 2.75) is 20.4 Å². The van der Waals surface area contributed by atoms with E-state index in [1.54, 1.807) is 37.3 Å². The number of hydrogen-bond acceptors (Lipinski definition) is 5. The third kappa shape index (κ3) is 2.68. The quantitative estimate of drug-likeness (QED) is 0.720. The average Bonchev–Trinajstić information content (AvgIpc) is 2.99. The van der Waals surface area contributed by atoms with Crippen LogP contribution in [0.4, 0.5) is 5.95 Å². The molecule has 1 amide bonds. The van der Waals surface area contributed by atoms with Crippen molar-refractivity contribution in [3.8, 4) is 0 Å². The van der Waals surface area contributed by atoms with Gasteiger partial charge in [-0.3, -0.25) is 25.0 Å². The van der Waals surface area contributed by atoms with Gasteiger partial charge in [-0.2, -0.15) is 0 Å². The highest BCUT2D eigenvalue weighted by Gasteiger charge is 2.14. The van der Waals surface area contributed by atoms with E-state index in [2.05, 4.69) is 15.8 Å². The van der Waals surface area contributed by atoms with Crippen LogP contribution in [0.5, 0.6) is 0 Å². The smallest absolute Gasteiger partial charge is 0.305 e. The van der Waals surface area contributed by atoms with E-state index >= 15 is 0 Å². The summed E-state index contributed by atoms with van der Waals surface area (Å²) in [6.07, 6.45) is 1.44. The Kier molecular flexibility index (Phi) is 3.84. The topological polar surface area (TPSA) is 89.2 Å². The lowest BCUT2D eigenvalue weighted by Crippen LogP contribution is -2.34. The van der Waals surface area contributed by atoms with E-state index in [4.69, 9.17) is 4.42 Å². The van der Waals surface area contributed by atoms with E-state index < -0.39 is 5.91 Å². The summed E-state index contributed by atoms with van der Waals surface area (Å²) in [5, 5.41) is 0.535. The minimum absolute atomic E-state index is 0.163. The molecule has 3 aromatic rings. The van der Waals surface area contributed by atoms with E-state index in [1.165, 1.54) is 10.8 Å². The second kappa shape index (κ2) is 5.96. The van der Waals surface area contributed by atoms with Crippen LogP contribution in [0.1, 0.15) is 23.0 Å². The Balaban J connectivity index is 1.92. The molecule has 7 heteroatoms. The lowest BCUT2D eigenvalue weighted by Gasteiger charge is -2.13. The highest BCUT2D eigenvalue weighted by Crippen LogP contribution is 2.11. The fourth-order valence-corrected chi connectivity index (χ4v) is 2.33. The maximum atomic E-state index is 12.5. The maximum absolute atomic E-state index is 12.5. The summed E-state index contributed by atoms with van der Waals surface area (Å²) in [7, 11) is 0. The molecule has 0 atom stereocenters. The van der Waals surface area contributed by atoms with Crippen molar-refractivity contribution in [2.75, 3.05) is 5.43 Å². The molecular formula is C16H16N4O3. The number of rotatable bonds is 4. The molecule has 118 valence electrons. The molecule has 1 aromatic carbocycles. The van der Waals surface area contributed by atoms with E-state index in [9.17, 15) is 9.59 Å². The van der Waals surface area contributed by atoms with Gasteiger partial charge in [0.1, 0.15) is 0 Å². The van der Waals surface area contributed by atoms with Gasteiger partial charge in [0.25, 0.3) is 5.56 Å². The molecule has 2 heterocycles. The molecule has 0 unspecified atom stereocenters. The van der Waals surface area contributed by atoms with Crippen LogP contribution in [0.25, 0.3) is 10.9 Å². The van der Waals surface area contributed by atoms with Gasteiger partial charge in [-0.1, -0.05) is 12.1 Å². The van der Waals surface area contributed by atoms with Crippen LogP contribution in [0.15, 0.2) is 45.8 Å². The molecule has 0 bridgehead atoms. The zero-order chi connectivity index (χ0) is 16.4. The number of furan rings is 1. The maximum Gasteiger partial charge on any atom is 0.305 e. The number of hydrogen-bond donors (Lipinski definition) is 2. The Morgan fingerprint density at radius 3 is 2.78 bits per heavy atom. The Bertz CT molecular complexity index is 926. The zero-order valence-corrected chi connectivity index (χ0v) is 12.8. The first kappa shape index (κ1) is 14.8. The first-order valence-electron chi connectivity index (χ1n) is 7.22. The number of carbonyl (C=O) groups is 1. The number of hydrazine groups is 1. The number of nitrogens with zero attached hydrogens (tertiary/aromatic N) is 2. The second-order valence-corrected chi connectivity index (χ2v) is 5.01. The molecule has 0 aliphatic heterocycles. The largest absolute Gasteiger partial charge is 0.459 e. The molecule has 0 aliphatic carbocycles. The lowest BCUT2D eigenvalue weighted by molar-refractivity contribution is 0.0933. The normalized spacial score (nSPS) is 10.7. The van der Waals surface area contributed by atoms with Gasteiger partial charge in [0, 0.05) is 12.1 Å². The van der Waals surface area contributed by atoms with Crippen LogP contribution in [-0.2, 0) is 6.54 Å². The molecule has 0 spiro atoms. The van der Waals surface area contributed by atoms with Gasteiger partial charge in [-0.05, 0) is 32.0 Å². The number of para-hydroxylation sites is 1. The van der Waals surface area contributed by atoms with Crippen LogP contribution >= 0.6 is 0 Å². The number of benzene rings is 1. The molecule has 23 heavy (non-hydrogen) atoms. The fourth-order valence-electron chi connectivity index (χ4n) is 2.33. The standard InChI is InChI=1S/C16H16N4O3/c1-3-20-15(22)11-6-4-5-7-12(11)17-16(20)19-18-14(21)13-10(2)8-9-23-13/h4-9H,3H2,1-2H3,(H,17,19)(H,18,21). The van der Waals surface area contributed by atoms with Crippen LogP contribution in [0, 0.1) is 6.92 Å². The SMILES string of the molecule is CCn1c(NNC(=O)c2occc2C)nc2ccccc2c1=O. The molecule has 7 nitrogen and oxygen atoms in total. The van der Waals surface area contributed by atoms with Gasteiger partial charge in [0.15, 0.2) is 5.76 Å².